The van der Waals surface area contributed by atoms with Gasteiger partial charge in [0.1, 0.15) is 6.10 Å². The van der Waals surface area contributed by atoms with Crippen molar-refractivity contribution in [2.75, 3.05) is 6.61 Å². The summed E-state index contributed by atoms with van der Waals surface area (Å²) in [7, 11) is 0. The zero-order valence-corrected chi connectivity index (χ0v) is 7.65. The minimum Gasteiger partial charge on any atom is -0.370 e. The summed E-state index contributed by atoms with van der Waals surface area (Å²) in [5, 5.41) is 0. The van der Waals surface area contributed by atoms with Gasteiger partial charge in [-0.05, 0) is 13.3 Å². The molecule has 5 heteroatoms. The van der Waals surface area contributed by atoms with Crippen LogP contribution in [-0.2, 0) is 9.53 Å². The third kappa shape index (κ3) is 4.87. The summed E-state index contributed by atoms with van der Waals surface area (Å²) in [6.45, 7) is 3.20. The maximum absolute atomic E-state index is 11.8. The SMILES string of the molecule is CCCCOC(C)C(=O)C(F)(F)F. The van der Waals surface area contributed by atoms with Crippen LogP contribution in [0.4, 0.5) is 13.2 Å². The Kier molecular flexibility index (Phi) is 4.98. The summed E-state index contributed by atoms with van der Waals surface area (Å²) < 4.78 is 40.0. The van der Waals surface area contributed by atoms with E-state index >= 15 is 0 Å². The van der Waals surface area contributed by atoms with E-state index in [-0.39, 0.29) is 6.61 Å². The molecule has 0 spiro atoms. The van der Waals surface area contributed by atoms with Crippen molar-refractivity contribution in [1.29, 1.82) is 0 Å². The summed E-state index contributed by atoms with van der Waals surface area (Å²) in [6.07, 6.45) is -4.68. The van der Waals surface area contributed by atoms with Gasteiger partial charge in [0, 0.05) is 6.61 Å². The standard InChI is InChI=1S/C8H13F3O2/c1-3-4-5-13-6(2)7(12)8(9,10)11/h6H,3-5H2,1-2H3. The van der Waals surface area contributed by atoms with Gasteiger partial charge in [0.15, 0.2) is 0 Å². The third-order valence-electron chi connectivity index (χ3n) is 1.51. The van der Waals surface area contributed by atoms with Crippen molar-refractivity contribution in [1.82, 2.24) is 0 Å². The maximum atomic E-state index is 11.8. The second-order valence-corrected chi connectivity index (χ2v) is 2.73. The number of hydrogen-bond acceptors (Lipinski definition) is 2. The summed E-state index contributed by atoms with van der Waals surface area (Å²) in [5.74, 6) is -1.82. The number of hydrogen-bond donors (Lipinski definition) is 0. The van der Waals surface area contributed by atoms with Crippen LogP contribution in [0.2, 0.25) is 0 Å². The molecular weight excluding hydrogens is 185 g/mol. The number of unbranched alkanes of at least 4 members (excludes halogenated alkanes) is 1. The van der Waals surface area contributed by atoms with Gasteiger partial charge in [-0.2, -0.15) is 13.2 Å². The average molecular weight is 198 g/mol. The monoisotopic (exact) mass is 198 g/mol. The molecule has 1 unspecified atom stereocenters. The van der Waals surface area contributed by atoms with Crippen LogP contribution in [0.1, 0.15) is 26.7 Å². The Hall–Kier alpha value is -0.580. The van der Waals surface area contributed by atoms with Crippen LogP contribution in [0, 0.1) is 0 Å². The highest BCUT2D eigenvalue weighted by Crippen LogP contribution is 2.19. The molecule has 0 saturated heterocycles. The molecule has 2 nitrogen and oxygen atoms in total. The van der Waals surface area contributed by atoms with Gasteiger partial charge in [-0.3, -0.25) is 4.79 Å². The molecule has 0 aromatic heterocycles. The zero-order valence-electron chi connectivity index (χ0n) is 7.65. The summed E-state index contributed by atoms with van der Waals surface area (Å²) >= 11 is 0. The van der Waals surface area contributed by atoms with E-state index < -0.39 is 18.1 Å². The van der Waals surface area contributed by atoms with Crippen molar-refractivity contribution >= 4 is 5.78 Å². The van der Waals surface area contributed by atoms with Gasteiger partial charge in [-0.15, -0.1) is 0 Å². The number of alkyl halides is 3. The first-order valence-electron chi connectivity index (χ1n) is 4.12. The fourth-order valence-electron chi connectivity index (χ4n) is 0.711. The highest BCUT2D eigenvalue weighted by atomic mass is 19.4. The second-order valence-electron chi connectivity index (χ2n) is 2.73. The van der Waals surface area contributed by atoms with E-state index in [1.54, 1.807) is 0 Å². The number of rotatable bonds is 5. The molecule has 0 heterocycles. The maximum Gasteiger partial charge on any atom is 0.452 e. The van der Waals surface area contributed by atoms with E-state index in [2.05, 4.69) is 0 Å². The molecule has 0 aromatic carbocycles. The van der Waals surface area contributed by atoms with Crippen LogP contribution >= 0.6 is 0 Å². The van der Waals surface area contributed by atoms with Crippen molar-refractivity contribution in [2.24, 2.45) is 0 Å². The molecule has 1 atom stereocenters. The molecule has 0 fully saturated rings. The summed E-state index contributed by atoms with van der Waals surface area (Å²) in [5.41, 5.74) is 0. The summed E-state index contributed by atoms with van der Waals surface area (Å²) in [4.78, 5) is 10.5. The van der Waals surface area contributed by atoms with E-state index in [0.29, 0.717) is 6.42 Å². The molecule has 0 rings (SSSR count). The lowest BCUT2D eigenvalue weighted by Gasteiger charge is -2.13. The smallest absolute Gasteiger partial charge is 0.370 e. The molecule has 0 aliphatic carbocycles. The Morgan fingerprint density at radius 2 is 2.00 bits per heavy atom. The highest BCUT2D eigenvalue weighted by molar-refractivity contribution is 5.87. The fraction of sp³-hybridized carbons (Fsp3) is 0.875. The first-order chi connectivity index (χ1) is 5.89. The molecule has 0 bridgehead atoms. The molecule has 13 heavy (non-hydrogen) atoms. The van der Waals surface area contributed by atoms with Crippen LogP contribution < -0.4 is 0 Å². The molecular formula is C8H13F3O2. The fourth-order valence-corrected chi connectivity index (χ4v) is 0.711. The van der Waals surface area contributed by atoms with Crippen molar-refractivity contribution in [3.8, 4) is 0 Å². The number of carbonyl (C=O) groups is 1. The largest absolute Gasteiger partial charge is 0.452 e. The highest BCUT2D eigenvalue weighted by Gasteiger charge is 2.41. The average Bonchev–Trinajstić information content (AvgIpc) is 2.01. The Balaban J connectivity index is 3.84. The molecule has 0 aromatic rings. The lowest BCUT2D eigenvalue weighted by atomic mass is 10.2. The van der Waals surface area contributed by atoms with Gasteiger partial charge in [0.25, 0.3) is 5.78 Å². The van der Waals surface area contributed by atoms with Crippen molar-refractivity contribution in [2.45, 2.75) is 39.0 Å². The molecule has 78 valence electrons. The zero-order chi connectivity index (χ0) is 10.5. The van der Waals surface area contributed by atoms with Gasteiger partial charge in [0.2, 0.25) is 0 Å². The molecule has 0 amide bonds. The van der Waals surface area contributed by atoms with E-state index in [1.807, 2.05) is 6.92 Å². The third-order valence-corrected chi connectivity index (χ3v) is 1.51. The van der Waals surface area contributed by atoms with Gasteiger partial charge in [-0.25, -0.2) is 0 Å². The molecule has 0 aliphatic rings. The first kappa shape index (κ1) is 12.4. The van der Waals surface area contributed by atoms with Crippen molar-refractivity contribution < 1.29 is 22.7 Å². The van der Waals surface area contributed by atoms with E-state index in [1.165, 1.54) is 0 Å². The lowest BCUT2D eigenvalue weighted by molar-refractivity contribution is -0.181. The van der Waals surface area contributed by atoms with Crippen LogP contribution in [0.15, 0.2) is 0 Å². The van der Waals surface area contributed by atoms with Crippen LogP contribution in [0.5, 0.6) is 0 Å². The topological polar surface area (TPSA) is 26.3 Å². The lowest BCUT2D eigenvalue weighted by Crippen LogP contribution is -2.34. The molecule has 0 N–H and O–H groups in total. The van der Waals surface area contributed by atoms with Crippen LogP contribution in [0.25, 0.3) is 0 Å². The number of carbonyl (C=O) groups excluding carboxylic acids is 1. The van der Waals surface area contributed by atoms with Gasteiger partial charge in [-0.1, -0.05) is 13.3 Å². The van der Waals surface area contributed by atoms with Crippen LogP contribution in [0.3, 0.4) is 0 Å². The second kappa shape index (κ2) is 5.21. The Bertz CT molecular complexity index is 165. The number of ether oxygens (including phenoxy) is 1. The minimum absolute atomic E-state index is 0.194. The predicted octanol–water partition coefficient (Wildman–Crippen LogP) is 2.32. The number of ketones is 1. The Morgan fingerprint density at radius 1 is 1.46 bits per heavy atom. The van der Waals surface area contributed by atoms with Crippen molar-refractivity contribution in [3.63, 3.8) is 0 Å². The van der Waals surface area contributed by atoms with E-state index in [0.717, 1.165) is 13.3 Å². The Labute approximate surface area is 75.1 Å². The normalized spacial score (nSPS) is 14.2. The number of halogens is 3. The minimum atomic E-state index is -4.79. The van der Waals surface area contributed by atoms with E-state index in [9.17, 15) is 18.0 Å². The van der Waals surface area contributed by atoms with Gasteiger partial charge < -0.3 is 4.74 Å². The van der Waals surface area contributed by atoms with Gasteiger partial charge >= 0.3 is 6.18 Å². The van der Waals surface area contributed by atoms with Crippen molar-refractivity contribution in [3.05, 3.63) is 0 Å². The quantitative estimate of drug-likeness (QED) is 0.634. The predicted molar refractivity (Wildman–Crippen MR) is 41.4 cm³/mol. The number of Topliss-reactive ketones (excluding diaryl/α,β-unsaturated/α-hetero) is 1. The Morgan fingerprint density at radius 3 is 2.38 bits per heavy atom. The van der Waals surface area contributed by atoms with E-state index in [4.69, 9.17) is 4.74 Å². The first-order valence-corrected chi connectivity index (χ1v) is 4.12. The molecule has 0 saturated carbocycles. The van der Waals surface area contributed by atoms with Crippen LogP contribution in [-0.4, -0.2) is 24.7 Å². The molecule has 0 radical (unpaired) electrons. The van der Waals surface area contributed by atoms with Gasteiger partial charge in [0.05, 0.1) is 0 Å². The molecule has 0 aliphatic heterocycles. The summed E-state index contributed by atoms with van der Waals surface area (Å²) in [6, 6.07) is 0.